The third-order valence-corrected chi connectivity index (χ3v) is 7.70. The maximum absolute atomic E-state index is 10.7. The molecule has 6 heteroatoms. The number of aliphatic carboxylic acids is 1. The van der Waals surface area contributed by atoms with Crippen molar-refractivity contribution in [2.24, 2.45) is 21.7 Å². The molecule has 0 radical (unpaired) electrons. The van der Waals surface area contributed by atoms with Crippen LogP contribution in [-0.4, -0.2) is 35.9 Å². The largest absolute Gasteiger partial charge is 0.485 e. The predicted octanol–water partition coefficient (Wildman–Crippen LogP) is 7.64. The van der Waals surface area contributed by atoms with Crippen LogP contribution < -0.4 is 14.8 Å². The Labute approximate surface area is 216 Å². The fourth-order valence-electron chi connectivity index (χ4n) is 2.92. The van der Waals surface area contributed by atoms with E-state index >= 15 is 0 Å². The van der Waals surface area contributed by atoms with Gasteiger partial charge in [-0.25, -0.2) is 0 Å². The molecule has 0 aliphatic carbocycles. The number of thiophene rings is 1. The molecule has 0 saturated carbocycles. The van der Waals surface area contributed by atoms with Crippen LogP contribution in [0.5, 0.6) is 11.5 Å². The summed E-state index contributed by atoms with van der Waals surface area (Å²) >= 11 is 1.64. The first-order valence-corrected chi connectivity index (χ1v) is 13.4. The van der Waals surface area contributed by atoms with Gasteiger partial charge in [-0.3, -0.25) is 4.79 Å². The minimum Gasteiger partial charge on any atom is -0.485 e. The van der Waals surface area contributed by atoms with Crippen molar-refractivity contribution in [2.75, 3.05) is 6.54 Å². The molecule has 198 valence electrons. The Bertz CT molecular complexity index is 767. The van der Waals surface area contributed by atoms with E-state index in [1.54, 1.807) is 11.3 Å². The van der Waals surface area contributed by atoms with Crippen molar-refractivity contribution in [1.82, 2.24) is 5.31 Å². The lowest BCUT2D eigenvalue weighted by molar-refractivity contribution is -0.139. The molecular formula is C28H51NO4S. The molecule has 3 heterocycles. The Morgan fingerprint density at radius 2 is 1.41 bits per heavy atom. The van der Waals surface area contributed by atoms with E-state index in [-0.39, 0.29) is 23.0 Å². The van der Waals surface area contributed by atoms with Gasteiger partial charge in [-0.1, -0.05) is 83.1 Å². The smallest absolute Gasteiger partial charge is 0.320 e. The zero-order valence-corrected chi connectivity index (χ0v) is 24.5. The Morgan fingerprint density at radius 3 is 1.71 bits per heavy atom. The van der Waals surface area contributed by atoms with E-state index in [4.69, 9.17) is 12.3 Å². The summed E-state index contributed by atoms with van der Waals surface area (Å²) in [6, 6.07) is -0.502. The summed E-state index contributed by atoms with van der Waals surface area (Å²) in [4.78, 5) is 10.7. The fourth-order valence-corrected chi connectivity index (χ4v) is 3.58. The van der Waals surface area contributed by atoms with Crippen LogP contribution in [0.1, 0.15) is 102 Å². The quantitative estimate of drug-likeness (QED) is 0.415. The molecule has 1 saturated heterocycles. The van der Waals surface area contributed by atoms with Crippen LogP contribution in [0, 0.1) is 21.7 Å². The second kappa shape index (κ2) is 11.6. The van der Waals surface area contributed by atoms with Gasteiger partial charge < -0.3 is 19.9 Å². The molecule has 3 rings (SSSR count). The molecule has 1 aromatic rings. The van der Waals surface area contributed by atoms with Gasteiger partial charge in [-0.05, 0) is 41.0 Å². The molecule has 2 unspecified atom stereocenters. The van der Waals surface area contributed by atoms with Gasteiger partial charge in [0, 0.05) is 17.2 Å². The summed E-state index contributed by atoms with van der Waals surface area (Å²) in [7, 11) is 0. The predicted molar refractivity (Wildman–Crippen MR) is 144 cm³/mol. The molecule has 0 spiro atoms. The van der Waals surface area contributed by atoms with Gasteiger partial charge >= 0.3 is 5.97 Å². The van der Waals surface area contributed by atoms with Gasteiger partial charge in [-0.2, -0.15) is 0 Å². The average molecular weight is 501 g/mol. The van der Waals surface area contributed by atoms with E-state index in [1.165, 1.54) is 0 Å². The van der Waals surface area contributed by atoms with Crippen molar-refractivity contribution >= 4 is 17.3 Å². The second-order valence-electron chi connectivity index (χ2n) is 13.7. The van der Waals surface area contributed by atoms with Crippen LogP contribution in [0.3, 0.4) is 0 Å². The molecule has 2 aliphatic rings. The molecule has 1 aromatic heterocycles. The summed E-state index contributed by atoms with van der Waals surface area (Å²) in [6.07, 6.45) is 2.80. The lowest BCUT2D eigenvalue weighted by Gasteiger charge is -2.35. The highest BCUT2D eigenvalue weighted by atomic mass is 32.1. The molecule has 3 atom stereocenters. The summed E-state index contributed by atoms with van der Waals surface area (Å²) < 4.78 is 25.8. The van der Waals surface area contributed by atoms with Crippen LogP contribution in [0.25, 0.3) is 1.43 Å². The number of hydrogen-bond acceptors (Lipinski definition) is 6. The van der Waals surface area contributed by atoms with Gasteiger partial charge in [0.2, 0.25) is 0 Å². The van der Waals surface area contributed by atoms with E-state index in [0.29, 0.717) is 23.8 Å². The van der Waals surface area contributed by atoms with Gasteiger partial charge in [-0.15, -0.1) is 11.3 Å². The second-order valence-corrected chi connectivity index (χ2v) is 14.4. The van der Waals surface area contributed by atoms with Gasteiger partial charge in [0.1, 0.15) is 19.7 Å². The Kier molecular flexibility index (Phi) is 9.36. The minimum atomic E-state index is -0.618. The van der Waals surface area contributed by atoms with E-state index in [9.17, 15) is 4.79 Å². The van der Waals surface area contributed by atoms with Gasteiger partial charge in [0.05, 0.1) is 0 Å². The number of ether oxygens (including phenoxy) is 2. The Balaban J connectivity index is 0.000000304. The number of carboxylic acid groups (broad SMARTS) is 1. The number of rotatable bonds is 1. The molecule has 5 nitrogen and oxygen atoms in total. The third kappa shape index (κ3) is 9.77. The van der Waals surface area contributed by atoms with Gasteiger partial charge in [0.15, 0.2) is 11.5 Å². The van der Waals surface area contributed by atoms with E-state index < -0.39 is 12.0 Å². The summed E-state index contributed by atoms with van der Waals surface area (Å²) in [5.41, 5.74) is 1.12. The van der Waals surface area contributed by atoms with Crippen LogP contribution in [0.15, 0.2) is 10.8 Å². The zero-order valence-electron chi connectivity index (χ0n) is 25.7. The van der Waals surface area contributed by atoms with Crippen molar-refractivity contribution < 1.29 is 20.8 Å². The third-order valence-electron chi connectivity index (χ3n) is 7.00. The van der Waals surface area contributed by atoms with E-state index in [1.807, 2.05) is 10.8 Å². The van der Waals surface area contributed by atoms with Crippen LogP contribution >= 0.6 is 11.3 Å². The van der Waals surface area contributed by atoms with Crippen LogP contribution in [-0.2, 0) is 4.79 Å². The molecule has 0 bridgehead atoms. The first kappa shape index (κ1) is 27.3. The monoisotopic (exact) mass is 500 g/mol. The van der Waals surface area contributed by atoms with Crippen molar-refractivity contribution in [2.45, 2.75) is 121 Å². The molecule has 0 amide bonds. The van der Waals surface area contributed by atoms with Crippen molar-refractivity contribution in [3.05, 3.63) is 10.8 Å². The first-order valence-electron chi connectivity index (χ1n) is 13.4. The molecular weight excluding hydrogens is 446 g/mol. The van der Waals surface area contributed by atoms with Crippen molar-refractivity contribution in [3.8, 4) is 11.5 Å². The van der Waals surface area contributed by atoms with Crippen LogP contribution in [0.2, 0.25) is 1.41 Å². The number of carbonyl (C=O) groups is 1. The topological polar surface area (TPSA) is 67.8 Å². The molecule has 1 fully saturated rings. The highest BCUT2D eigenvalue weighted by Gasteiger charge is 2.38. The lowest BCUT2D eigenvalue weighted by atomic mass is 9.71. The highest BCUT2D eigenvalue weighted by molar-refractivity contribution is 7.08. The van der Waals surface area contributed by atoms with E-state index in [2.05, 4.69) is 88.2 Å². The molecule has 2 aliphatic heterocycles. The SMILES string of the molecule is CC(C)(C)C(C)(C)C.CC(C)(C)C1CC(C(C)(C)C)Oc2cscc2O1.[2H]N1CCC[C@H]1C(=O)O[3H]. The van der Waals surface area contributed by atoms with Crippen molar-refractivity contribution in [3.63, 3.8) is 0 Å². The molecule has 34 heavy (non-hydrogen) atoms. The first-order chi connectivity index (χ1) is 16.2. The number of hydrogen-bond donors (Lipinski definition) is 2. The van der Waals surface area contributed by atoms with Crippen LogP contribution in [0.4, 0.5) is 0 Å². The fraction of sp³-hybridized carbons (Fsp3) is 0.821. The number of fused-ring (bicyclic) bond motifs is 1. The summed E-state index contributed by atoms with van der Waals surface area (Å²) in [5.74, 6) is 1.20. The zero-order chi connectivity index (χ0) is 28.1. The average Bonchev–Trinajstić information content (AvgIpc) is 3.28. The number of nitrogens with one attached hydrogen (secondary N) is 1. The molecule has 2 N–H and O–H groups in total. The van der Waals surface area contributed by atoms with E-state index in [0.717, 1.165) is 29.7 Å². The Morgan fingerprint density at radius 1 is 0.971 bits per heavy atom. The van der Waals surface area contributed by atoms with Crippen molar-refractivity contribution in [1.29, 1.82) is 1.43 Å². The summed E-state index contributed by atoms with van der Waals surface area (Å²) in [6.45, 7) is 27.6. The minimum absolute atomic E-state index is 0.121. The number of carboxylic acids is 1. The Hall–Kier alpha value is -1.27. The standard InChI is InChI=1S/C15H24O2S.C8H18.C5H9NO2/c1-14(2,3)12-7-13(15(4,5)6)17-11-9-18-8-10(11)16-12;1-7(2,3)8(4,5)6;7-5(8)4-2-1-3-6-4/h8-9,12-13H,7H2,1-6H3;1-6H3;4,6H,1-3H2,(H,7,8)/t;;4-/m..0/s1/i/hTD. The highest BCUT2D eigenvalue weighted by Crippen LogP contribution is 2.43. The lowest BCUT2D eigenvalue weighted by Crippen LogP contribution is -2.40. The maximum atomic E-state index is 10.7. The summed E-state index contributed by atoms with van der Waals surface area (Å²) in [5, 5.41) is 9.00. The molecule has 0 aromatic carbocycles. The normalized spacial score (nSPS) is 24.4. The van der Waals surface area contributed by atoms with Gasteiger partial charge in [0.25, 0.3) is 1.43 Å². The maximum Gasteiger partial charge on any atom is 0.320 e.